The van der Waals surface area contributed by atoms with E-state index in [0.29, 0.717) is 12.4 Å². The molecule has 0 spiro atoms. The van der Waals surface area contributed by atoms with Crippen molar-refractivity contribution < 1.29 is 4.52 Å². The van der Waals surface area contributed by atoms with Gasteiger partial charge in [0.25, 0.3) is 5.89 Å². The number of nitrogens with zero attached hydrogens (tertiary/aromatic N) is 3. The second-order valence-electron chi connectivity index (χ2n) is 7.04. The number of nitrogens with one attached hydrogen (secondary N) is 2. The molecule has 2 rings (SSSR count). The maximum absolute atomic E-state index is 5.37. The first-order chi connectivity index (χ1) is 11.9. The Balaban J connectivity index is 0.00000338. The first-order valence-electron chi connectivity index (χ1n) is 8.89. The summed E-state index contributed by atoms with van der Waals surface area (Å²) >= 11 is 0. The Labute approximate surface area is 173 Å². The van der Waals surface area contributed by atoms with E-state index < -0.39 is 0 Å². The van der Waals surface area contributed by atoms with Gasteiger partial charge in [-0.2, -0.15) is 4.98 Å². The fraction of sp³-hybridized carbons (Fsp3) is 0.526. The summed E-state index contributed by atoms with van der Waals surface area (Å²) in [6, 6.07) is 8.08. The smallest absolute Gasteiger partial charge is 0.257 e. The quantitative estimate of drug-likeness (QED) is 0.376. The fourth-order valence-electron chi connectivity index (χ4n) is 2.33. The molecule has 1 aromatic heterocycles. The summed E-state index contributed by atoms with van der Waals surface area (Å²) in [5.41, 5.74) is 1.98. The number of halogens is 1. The zero-order chi connectivity index (χ0) is 18.3. The van der Waals surface area contributed by atoms with Crippen LogP contribution >= 0.6 is 24.0 Å². The number of hydrogen-bond acceptors (Lipinski definition) is 4. The van der Waals surface area contributed by atoms with Crippen LogP contribution in [0.25, 0.3) is 11.5 Å². The highest BCUT2D eigenvalue weighted by Gasteiger charge is 2.12. The number of aryl methyl sites for hydroxylation is 1. The zero-order valence-electron chi connectivity index (χ0n) is 16.3. The molecule has 0 aliphatic heterocycles. The highest BCUT2D eigenvalue weighted by Crippen LogP contribution is 2.19. The molecule has 7 heteroatoms. The molecule has 144 valence electrons. The third-order valence-electron chi connectivity index (χ3n) is 3.37. The fourth-order valence-corrected chi connectivity index (χ4v) is 2.33. The van der Waals surface area contributed by atoms with Crippen molar-refractivity contribution in [3.8, 4) is 11.5 Å². The third kappa shape index (κ3) is 7.31. The Bertz CT molecular complexity index is 706. The number of hydrogen-bond donors (Lipinski definition) is 2. The minimum absolute atomic E-state index is 0. The highest BCUT2D eigenvalue weighted by atomic mass is 127. The van der Waals surface area contributed by atoms with Crippen LogP contribution in [-0.4, -0.2) is 28.2 Å². The van der Waals surface area contributed by atoms with E-state index in [1.165, 1.54) is 0 Å². The molecule has 0 bridgehead atoms. The summed E-state index contributed by atoms with van der Waals surface area (Å²) in [7, 11) is 0. The average Bonchev–Trinajstić information content (AvgIpc) is 3.01. The Morgan fingerprint density at radius 3 is 2.65 bits per heavy atom. The van der Waals surface area contributed by atoms with Crippen molar-refractivity contribution in [2.75, 3.05) is 6.54 Å². The van der Waals surface area contributed by atoms with E-state index >= 15 is 0 Å². The van der Waals surface area contributed by atoms with Gasteiger partial charge in [-0.15, -0.1) is 24.0 Å². The maximum atomic E-state index is 5.37. The molecule has 2 N–H and O–H groups in total. The molecule has 0 atom stereocenters. The summed E-state index contributed by atoms with van der Waals surface area (Å²) in [5.74, 6) is 2.13. The maximum Gasteiger partial charge on any atom is 0.257 e. The van der Waals surface area contributed by atoms with Gasteiger partial charge in [-0.1, -0.05) is 24.2 Å². The van der Waals surface area contributed by atoms with Crippen LogP contribution in [0.4, 0.5) is 0 Å². The molecule has 0 saturated carbocycles. The predicted octanol–water partition coefficient (Wildman–Crippen LogP) is 4.16. The molecule has 0 radical (unpaired) electrons. The SMILES string of the molecule is CCCc1noc(-c2cccc(CN=C(NCC)NC(C)(C)C)c2)n1.I. The summed E-state index contributed by atoms with van der Waals surface area (Å²) in [6.45, 7) is 11.9. The lowest BCUT2D eigenvalue weighted by Crippen LogP contribution is -2.47. The van der Waals surface area contributed by atoms with Gasteiger partial charge in [0.15, 0.2) is 11.8 Å². The predicted molar refractivity (Wildman–Crippen MR) is 117 cm³/mol. The molecule has 0 amide bonds. The number of guanidine groups is 1. The minimum Gasteiger partial charge on any atom is -0.357 e. The van der Waals surface area contributed by atoms with Gasteiger partial charge in [-0.3, -0.25) is 0 Å². The average molecular weight is 471 g/mol. The lowest BCUT2D eigenvalue weighted by Gasteiger charge is -2.23. The van der Waals surface area contributed by atoms with Gasteiger partial charge in [0.1, 0.15) is 0 Å². The van der Waals surface area contributed by atoms with Gasteiger partial charge < -0.3 is 15.2 Å². The first-order valence-corrected chi connectivity index (χ1v) is 8.89. The van der Waals surface area contributed by atoms with Crippen molar-refractivity contribution in [2.24, 2.45) is 4.99 Å². The lowest BCUT2D eigenvalue weighted by atomic mass is 10.1. The van der Waals surface area contributed by atoms with Crippen LogP contribution in [0.15, 0.2) is 33.8 Å². The van der Waals surface area contributed by atoms with Crippen LogP contribution in [0.1, 0.15) is 52.4 Å². The molecule has 6 nitrogen and oxygen atoms in total. The van der Waals surface area contributed by atoms with E-state index in [1.54, 1.807) is 0 Å². The van der Waals surface area contributed by atoms with E-state index in [2.05, 4.69) is 66.5 Å². The second-order valence-corrected chi connectivity index (χ2v) is 7.04. The van der Waals surface area contributed by atoms with E-state index in [1.807, 2.05) is 18.2 Å². The number of aliphatic imine (C=N–C) groups is 1. The van der Waals surface area contributed by atoms with Crippen molar-refractivity contribution in [1.29, 1.82) is 0 Å². The normalized spacial score (nSPS) is 11.8. The van der Waals surface area contributed by atoms with E-state index in [-0.39, 0.29) is 29.5 Å². The Morgan fingerprint density at radius 2 is 2.00 bits per heavy atom. The molecule has 26 heavy (non-hydrogen) atoms. The largest absolute Gasteiger partial charge is 0.357 e. The van der Waals surface area contributed by atoms with Crippen molar-refractivity contribution in [1.82, 2.24) is 20.8 Å². The van der Waals surface area contributed by atoms with Gasteiger partial charge in [-0.25, -0.2) is 4.99 Å². The standard InChI is InChI=1S/C19H29N5O.HI/c1-6-9-16-22-17(25-24-16)15-11-8-10-14(12-15)13-21-18(20-7-2)23-19(3,4)5;/h8,10-12H,6-7,9,13H2,1-5H3,(H2,20,21,23);1H. The minimum atomic E-state index is -0.0394. The molecular formula is C19H30IN5O. The third-order valence-corrected chi connectivity index (χ3v) is 3.37. The van der Waals surface area contributed by atoms with Crippen LogP contribution in [0, 0.1) is 0 Å². The molecule has 0 fully saturated rings. The van der Waals surface area contributed by atoms with Crippen LogP contribution in [0.2, 0.25) is 0 Å². The molecular weight excluding hydrogens is 441 g/mol. The second kappa shape index (κ2) is 10.5. The van der Waals surface area contributed by atoms with Gasteiger partial charge in [-0.05, 0) is 51.8 Å². The van der Waals surface area contributed by atoms with E-state index in [4.69, 9.17) is 4.52 Å². The molecule has 1 heterocycles. The van der Waals surface area contributed by atoms with Gasteiger partial charge in [0, 0.05) is 24.1 Å². The monoisotopic (exact) mass is 471 g/mol. The van der Waals surface area contributed by atoms with Crippen LogP contribution in [0.5, 0.6) is 0 Å². The molecule has 0 aliphatic carbocycles. The Kier molecular flexibility index (Phi) is 9.04. The highest BCUT2D eigenvalue weighted by molar-refractivity contribution is 14.0. The van der Waals surface area contributed by atoms with Crippen molar-refractivity contribution >= 4 is 29.9 Å². The first kappa shape index (κ1) is 22.4. The summed E-state index contributed by atoms with van der Waals surface area (Å²) in [6.07, 6.45) is 1.83. The molecule has 0 saturated heterocycles. The van der Waals surface area contributed by atoms with Crippen molar-refractivity contribution in [2.45, 2.75) is 59.5 Å². The summed E-state index contributed by atoms with van der Waals surface area (Å²) in [5, 5.41) is 10.7. The number of benzene rings is 1. The topological polar surface area (TPSA) is 75.3 Å². The van der Waals surface area contributed by atoms with E-state index in [0.717, 1.165) is 42.3 Å². The number of rotatable bonds is 6. The van der Waals surface area contributed by atoms with Crippen LogP contribution in [-0.2, 0) is 13.0 Å². The zero-order valence-corrected chi connectivity index (χ0v) is 18.6. The van der Waals surface area contributed by atoms with Crippen LogP contribution < -0.4 is 10.6 Å². The molecule has 1 aromatic carbocycles. The van der Waals surface area contributed by atoms with Gasteiger partial charge in [0.05, 0.1) is 6.54 Å². The lowest BCUT2D eigenvalue weighted by molar-refractivity contribution is 0.422. The summed E-state index contributed by atoms with van der Waals surface area (Å²) in [4.78, 5) is 9.11. The Hall–Kier alpha value is -1.64. The molecule has 0 aliphatic rings. The molecule has 0 unspecified atom stereocenters. The van der Waals surface area contributed by atoms with Gasteiger partial charge >= 0.3 is 0 Å². The van der Waals surface area contributed by atoms with Crippen molar-refractivity contribution in [3.05, 3.63) is 35.7 Å². The summed E-state index contributed by atoms with van der Waals surface area (Å²) < 4.78 is 5.37. The van der Waals surface area contributed by atoms with Gasteiger partial charge in [0.2, 0.25) is 0 Å². The van der Waals surface area contributed by atoms with E-state index in [9.17, 15) is 0 Å². The Morgan fingerprint density at radius 1 is 1.23 bits per heavy atom. The van der Waals surface area contributed by atoms with Crippen LogP contribution in [0.3, 0.4) is 0 Å². The molecule has 2 aromatic rings. The van der Waals surface area contributed by atoms with Crippen molar-refractivity contribution in [3.63, 3.8) is 0 Å². The number of aromatic nitrogens is 2.